The summed E-state index contributed by atoms with van der Waals surface area (Å²) in [4.78, 5) is 0. The molecule has 6 aromatic carbocycles. The second kappa shape index (κ2) is 19.3. The molecule has 0 aliphatic rings. The first-order chi connectivity index (χ1) is 22.6. The van der Waals surface area contributed by atoms with Crippen molar-refractivity contribution in [1.29, 1.82) is 0 Å². The summed E-state index contributed by atoms with van der Waals surface area (Å²) < 4.78 is 0. The van der Waals surface area contributed by atoms with E-state index in [1.165, 1.54) is 71.7 Å². The van der Waals surface area contributed by atoms with Gasteiger partial charge >= 0.3 is 41.9 Å². The van der Waals surface area contributed by atoms with Crippen LogP contribution in [0.15, 0.2) is 109 Å². The zero-order valence-electron chi connectivity index (χ0n) is 32.1. The zero-order chi connectivity index (χ0) is 35.2. The van der Waals surface area contributed by atoms with Gasteiger partial charge in [-0.3, -0.25) is 0 Å². The van der Waals surface area contributed by atoms with Gasteiger partial charge in [0.15, 0.2) is 0 Å². The van der Waals surface area contributed by atoms with Crippen LogP contribution in [0.1, 0.15) is 44.2 Å². The predicted octanol–water partition coefficient (Wildman–Crippen LogP) is 6.41. The van der Waals surface area contributed by atoms with Crippen LogP contribution >= 0.6 is 0 Å². The van der Waals surface area contributed by atoms with Crippen molar-refractivity contribution in [2.24, 2.45) is 0 Å². The van der Waals surface area contributed by atoms with E-state index in [9.17, 15) is 0 Å². The van der Waals surface area contributed by atoms with Crippen molar-refractivity contribution >= 4 is 53.5 Å². The summed E-state index contributed by atoms with van der Waals surface area (Å²) in [6, 6.07) is 41.2. The van der Waals surface area contributed by atoms with E-state index in [1.807, 2.05) is 0 Å². The Kier molecular flexibility index (Phi) is 17.2. The zero-order valence-corrected chi connectivity index (χ0v) is 39.1. The fraction of sp³-hybridized carbons (Fsp3) is 0.318. The Hall–Kier alpha value is -1.79. The molecule has 0 fully saturated rings. The van der Waals surface area contributed by atoms with Crippen molar-refractivity contribution in [3.63, 3.8) is 0 Å². The van der Waals surface area contributed by atoms with Gasteiger partial charge in [0.1, 0.15) is 0 Å². The SMILES string of the molecule is CCC(C)c1cc2c(-c3ccc([Si](C)(C)C)cc3)cccc2[cH-]1.CCc1cc2c(-c3ccc([Si](C)(C)C)cc3)cccc2[cH-]1.C[Si](C)=[Zr+2].[Cl-].[Cl-]. The summed E-state index contributed by atoms with van der Waals surface area (Å²) in [5.74, 6) is 0.629. The standard InChI is InChI=1S/C22H27Si.C20H23Si.C2H6Si.2ClH.Zr/c1-6-16(2)19-14-18-8-7-9-21(22(18)15-19)17-10-12-20(13-11-17)23(3,4)5;1-5-15-13-17-7-6-8-19(20(17)14-15)16-9-11-18(12-10-16)21(2,3)4;1-3-2;;;/h7-16H,6H2,1-5H3;6-14H,5H2,1-4H3;1-2H3;2*1H;/q2*-1;;;;+2/p-2. The summed E-state index contributed by atoms with van der Waals surface area (Å²) in [6.45, 7) is 25.8. The molecule has 0 nitrogen and oxygen atoms in total. The number of rotatable bonds is 7. The molecule has 0 saturated heterocycles. The molecule has 50 heavy (non-hydrogen) atoms. The normalized spacial score (nSPS) is 11.8. The van der Waals surface area contributed by atoms with Crippen LogP contribution in [0.2, 0.25) is 52.4 Å². The van der Waals surface area contributed by atoms with Crippen LogP contribution in [0, 0.1) is 0 Å². The first-order valence-corrected chi connectivity index (χ1v) is 30.9. The predicted molar refractivity (Wildman–Crippen MR) is 221 cm³/mol. The number of fused-ring (bicyclic) bond motifs is 2. The molecule has 0 aromatic heterocycles. The topological polar surface area (TPSA) is 0 Å². The molecular formula is C44H56Cl2Si3Zr-2. The number of hydrogen-bond donors (Lipinski definition) is 0. The van der Waals surface area contributed by atoms with Crippen molar-refractivity contribution in [2.75, 3.05) is 0 Å². The minimum atomic E-state index is -1.23. The fourth-order valence-corrected chi connectivity index (χ4v) is 8.42. The van der Waals surface area contributed by atoms with Crippen LogP contribution in [0.3, 0.4) is 0 Å². The molecule has 0 heterocycles. The Morgan fingerprint density at radius 1 is 0.620 bits per heavy atom. The van der Waals surface area contributed by atoms with E-state index in [0.717, 1.165) is 6.42 Å². The molecule has 0 bridgehead atoms. The third-order valence-corrected chi connectivity index (χ3v) is 13.4. The molecule has 0 aliphatic heterocycles. The molecule has 0 spiro atoms. The summed E-state index contributed by atoms with van der Waals surface area (Å²) in [5.41, 5.74) is 8.48. The van der Waals surface area contributed by atoms with E-state index in [-0.39, 0.29) is 30.2 Å². The number of hydrogen-bond acceptors (Lipinski definition) is 0. The minimum Gasteiger partial charge on any atom is -1.00 e. The van der Waals surface area contributed by atoms with Crippen LogP contribution < -0.4 is 35.2 Å². The van der Waals surface area contributed by atoms with Crippen LogP contribution in [-0.4, -0.2) is 21.6 Å². The first kappa shape index (κ1) is 44.4. The van der Waals surface area contributed by atoms with Crippen molar-refractivity contribution in [1.82, 2.24) is 0 Å². The molecule has 0 saturated carbocycles. The maximum atomic E-state index is 2.40. The Morgan fingerprint density at radius 2 is 1.02 bits per heavy atom. The van der Waals surface area contributed by atoms with Crippen molar-refractivity contribution in [3.05, 3.63) is 120 Å². The number of halogens is 2. The minimum absolute atomic E-state index is 0. The molecule has 0 radical (unpaired) electrons. The fourth-order valence-electron chi connectivity index (χ4n) is 6.08. The van der Waals surface area contributed by atoms with Gasteiger partial charge in [0.25, 0.3) is 0 Å². The van der Waals surface area contributed by atoms with Gasteiger partial charge in [-0.25, -0.2) is 0 Å². The third kappa shape index (κ3) is 11.6. The Labute approximate surface area is 333 Å². The van der Waals surface area contributed by atoms with Crippen LogP contribution in [0.5, 0.6) is 0 Å². The van der Waals surface area contributed by atoms with E-state index in [0.29, 0.717) is 5.92 Å². The third-order valence-electron chi connectivity index (χ3n) is 9.30. The summed E-state index contributed by atoms with van der Waals surface area (Å²) >= 11 is 1.74. The van der Waals surface area contributed by atoms with Gasteiger partial charge < -0.3 is 24.8 Å². The monoisotopic (exact) mass is 828 g/mol. The molecule has 1 atom stereocenters. The molecule has 1 unspecified atom stereocenters. The Balaban J connectivity index is 0.000000303. The van der Waals surface area contributed by atoms with Gasteiger partial charge in [-0.15, -0.1) is 69.1 Å². The van der Waals surface area contributed by atoms with E-state index >= 15 is 0 Å². The van der Waals surface area contributed by atoms with E-state index in [1.54, 1.807) is 23.3 Å². The van der Waals surface area contributed by atoms with E-state index in [2.05, 4.69) is 182 Å². The molecule has 6 rings (SSSR count). The van der Waals surface area contributed by atoms with Crippen LogP contribution in [0.25, 0.3) is 43.8 Å². The van der Waals surface area contributed by atoms with Crippen molar-refractivity contribution in [2.45, 2.75) is 91.9 Å². The smallest absolute Gasteiger partial charge is 1.00 e. The second-order valence-corrected chi connectivity index (χ2v) is 35.1. The largest absolute Gasteiger partial charge is 1.00 e. The average molecular weight is 831 g/mol. The molecule has 0 N–H and O–H groups in total. The van der Waals surface area contributed by atoms with Gasteiger partial charge in [0.2, 0.25) is 0 Å². The summed E-state index contributed by atoms with van der Waals surface area (Å²) in [6.07, 6.45) is 2.29. The van der Waals surface area contributed by atoms with Crippen LogP contribution in [0.4, 0.5) is 0 Å². The second-order valence-electron chi connectivity index (χ2n) is 15.6. The van der Waals surface area contributed by atoms with Gasteiger partial charge in [0, 0.05) is 0 Å². The molecule has 264 valence electrons. The van der Waals surface area contributed by atoms with Gasteiger partial charge in [-0.05, 0) is 23.5 Å². The Bertz CT molecular complexity index is 1950. The molecule has 6 aromatic rings. The van der Waals surface area contributed by atoms with Crippen molar-refractivity contribution in [3.8, 4) is 22.3 Å². The molecule has 0 aliphatic carbocycles. The quantitative estimate of drug-likeness (QED) is 0.129. The van der Waals surface area contributed by atoms with Crippen molar-refractivity contribution < 1.29 is 48.1 Å². The van der Waals surface area contributed by atoms with Crippen LogP contribution in [-0.2, 0) is 29.8 Å². The summed E-state index contributed by atoms with van der Waals surface area (Å²) in [7, 11) is -2.44. The van der Waals surface area contributed by atoms with E-state index < -0.39 is 16.1 Å². The van der Waals surface area contributed by atoms with Gasteiger partial charge in [-0.1, -0.05) is 149 Å². The maximum Gasteiger partial charge on any atom is -1.00 e. The van der Waals surface area contributed by atoms with Gasteiger partial charge in [-0.2, -0.15) is 12.1 Å². The maximum absolute atomic E-state index is 2.40. The molecular weight excluding hydrogens is 775 g/mol. The number of aryl methyl sites for hydroxylation is 1. The summed E-state index contributed by atoms with van der Waals surface area (Å²) in [5, 5.41) is 8.55. The van der Waals surface area contributed by atoms with E-state index in [4.69, 9.17) is 0 Å². The molecule has 0 amide bonds. The molecule has 6 heteroatoms. The average Bonchev–Trinajstić information content (AvgIpc) is 3.68. The number of benzene rings is 4. The van der Waals surface area contributed by atoms with Gasteiger partial charge in [0.05, 0.1) is 16.1 Å². The Morgan fingerprint density at radius 3 is 1.40 bits per heavy atom. The first-order valence-electron chi connectivity index (χ1n) is 17.7.